The lowest BCUT2D eigenvalue weighted by Gasteiger charge is -2.33. The molecule has 1 aliphatic heterocycles. The van der Waals surface area contributed by atoms with E-state index in [1.807, 2.05) is 6.92 Å². The van der Waals surface area contributed by atoms with Gasteiger partial charge in [0.25, 0.3) is 6.43 Å². The van der Waals surface area contributed by atoms with Crippen LogP contribution in [0.15, 0.2) is 41.5 Å². The number of pyridine rings is 1. The van der Waals surface area contributed by atoms with E-state index >= 15 is 0 Å². The van der Waals surface area contributed by atoms with Crippen molar-refractivity contribution >= 4 is 17.6 Å². The third-order valence-electron chi connectivity index (χ3n) is 4.17. The normalized spacial score (nSPS) is 18.6. The molecule has 2 heterocycles. The second kappa shape index (κ2) is 8.99. The van der Waals surface area contributed by atoms with Gasteiger partial charge in [0.2, 0.25) is 5.88 Å². The molecule has 1 amide bonds. The maximum atomic E-state index is 14.4. The van der Waals surface area contributed by atoms with Gasteiger partial charge in [-0.1, -0.05) is 0 Å². The third-order valence-corrected chi connectivity index (χ3v) is 4.17. The zero-order chi connectivity index (χ0) is 21.7. The number of benzene rings is 1. The first kappa shape index (κ1) is 21.4. The Hall–Kier alpha value is -3.34. The van der Waals surface area contributed by atoms with Crippen LogP contribution >= 0.6 is 0 Å². The van der Waals surface area contributed by atoms with Crippen molar-refractivity contribution in [3.05, 3.63) is 47.9 Å². The maximum absolute atomic E-state index is 14.4. The summed E-state index contributed by atoms with van der Waals surface area (Å²) in [6, 6.07) is 6.16. The van der Waals surface area contributed by atoms with Crippen LogP contribution < -0.4 is 20.5 Å². The standard InChI is InChI=1S/C19H19F3N4O4/c1-2-29-12-4-6-16(24-8-12)30-18(27)25-11-3-5-14(20)13(7-11)19(17(21)22)10-28-9-15(23)26-19/h3-8,17H,2,9-10H2,1H3,(H2,23,26)(H,25,27)/t19-/m0/s1. The molecule has 160 valence electrons. The molecular formula is C19H19F3N4O4. The molecule has 30 heavy (non-hydrogen) atoms. The molecule has 11 heteroatoms. The maximum Gasteiger partial charge on any atom is 0.418 e. The van der Waals surface area contributed by atoms with Gasteiger partial charge >= 0.3 is 6.09 Å². The lowest BCUT2D eigenvalue weighted by Crippen LogP contribution is -2.45. The highest BCUT2D eigenvalue weighted by molar-refractivity contribution is 5.86. The van der Waals surface area contributed by atoms with Crippen molar-refractivity contribution in [3.63, 3.8) is 0 Å². The molecule has 0 saturated carbocycles. The number of aliphatic imine (C=N–C) groups is 1. The molecule has 1 aromatic heterocycles. The summed E-state index contributed by atoms with van der Waals surface area (Å²) in [7, 11) is 0. The number of ether oxygens (including phenoxy) is 3. The van der Waals surface area contributed by atoms with Gasteiger partial charge in [0, 0.05) is 17.3 Å². The monoisotopic (exact) mass is 424 g/mol. The van der Waals surface area contributed by atoms with Crippen molar-refractivity contribution in [3.8, 4) is 11.6 Å². The molecule has 0 unspecified atom stereocenters. The highest BCUT2D eigenvalue weighted by atomic mass is 19.3. The number of rotatable bonds is 6. The molecule has 0 spiro atoms. The van der Waals surface area contributed by atoms with Crippen molar-refractivity contribution in [2.24, 2.45) is 10.7 Å². The Bertz CT molecular complexity index is 940. The first-order valence-corrected chi connectivity index (χ1v) is 8.92. The van der Waals surface area contributed by atoms with Crippen molar-refractivity contribution in [1.82, 2.24) is 4.98 Å². The van der Waals surface area contributed by atoms with Gasteiger partial charge < -0.3 is 19.9 Å². The molecule has 1 aromatic carbocycles. The Morgan fingerprint density at radius 2 is 2.17 bits per heavy atom. The SMILES string of the molecule is CCOc1ccc(OC(=O)Nc2ccc(F)c([C@]3(C(F)F)COCC(N)=N3)c2)nc1. The van der Waals surface area contributed by atoms with Gasteiger partial charge in [0.05, 0.1) is 19.4 Å². The van der Waals surface area contributed by atoms with Crippen LogP contribution in [-0.2, 0) is 10.3 Å². The van der Waals surface area contributed by atoms with E-state index in [-0.39, 0.29) is 24.0 Å². The number of nitrogens with one attached hydrogen (secondary N) is 1. The molecule has 0 fully saturated rings. The van der Waals surface area contributed by atoms with E-state index < -0.39 is 36.0 Å². The molecule has 3 rings (SSSR count). The Kier molecular flexibility index (Phi) is 6.40. The smallest absolute Gasteiger partial charge is 0.418 e. The minimum Gasteiger partial charge on any atom is -0.492 e. The molecule has 2 aromatic rings. The number of anilines is 1. The molecule has 0 saturated heterocycles. The number of carbonyl (C=O) groups is 1. The van der Waals surface area contributed by atoms with Crippen molar-refractivity contribution in [1.29, 1.82) is 0 Å². The first-order valence-electron chi connectivity index (χ1n) is 8.92. The van der Waals surface area contributed by atoms with Crippen LogP contribution in [0.2, 0.25) is 0 Å². The summed E-state index contributed by atoms with van der Waals surface area (Å²) < 4.78 is 57.4. The van der Waals surface area contributed by atoms with E-state index in [0.717, 1.165) is 12.1 Å². The lowest BCUT2D eigenvalue weighted by atomic mass is 9.90. The summed E-state index contributed by atoms with van der Waals surface area (Å²) >= 11 is 0. The number of amidine groups is 1. The van der Waals surface area contributed by atoms with Gasteiger partial charge in [-0.05, 0) is 31.2 Å². The van der Waals surface area contributed by atoms with Crippen LogP contribution in [0.3, 0.4) is 0 Å². The quantitative estimate of drug-likeness (QED) is 0.738. The summed E-state index contributed by atoms with van der Waals surface area (Å²) in [4.78, 5) is 19.8. The second-order valence-corrected chi connectivity index (χ2v) is 6.30. The summed E-state index contributed by atoms with van der Waals surface area (Å²) in [6.07, 6.45) is -2.67. The van der Waals surface area contributed by atoms with Crippen LogP contribution in [-0.4, -0.2) is 43.2 Å². The summed E-state index contributed by atoms with van der Waals surface area (Å²) in [6.45, 7) is 1.57. The highest BCUT2D eigenvalue weighted by Gasteiger charge is 2.46. The van der Waals surface area contributed by atoms with Gasteiger partial charge in [-0.25, -0.2) is 22.9 Å². The predicted molar refractivity (Wildman–Crippen MR) is 102 cm³/mol. The minimum atomic E-state index is -3.10. The number of hydrogen-bond donors (Lipinski definition) is 2. The van der Waals surface area contributed by atoms with Crippen molar-refractivity contribution < 1.29 is 32.2 Å². The topological polar surface area (TPSA) is 108 Å². The van der Waals surface area contributed by atoms with E-state index in [1.54, 1.807) is 6.07 Å². The number of alkyl halides is 2. The fraction of sp³-hybridized carbons (Fsp3) is 0.316. The van der Waals surface area contributed by atoms with Crippen LogP contribution in [0, 0.1) is 5.82 Å². The van der Waals surface area contributed by atoms with Crippen LogP contribution in [0.25, 0.3) is 0 Å². The Morgan fingerprint density at radius 3 is 2.80 bits per heavy atom. The molecule has 3 N–H and O–H groups in total. The number of aromatic nitrogens is 1. The average molecular weight is 424 g/mol. The summed E-state index contributed by atoms with van der Waals surface area (Å²) in [5, 5.41) is 2.34. The zero-order valence-corrected chi connectivity index (χ0v) is 15.9. The molecule has 8 nitrogen and oxygen atoms in total. The molecular weight excluding hydrogens is 405 g/mol. The molecule has 0 bridgehead atoms. The third kappa shape index (κ3) is 4.62. The molecule has 1 aliphatic rings. The number of amides is 1. The fourth-order valence-corrected chi connectivity index (χ4v) is 2.85. The number of hydrogen-bond acceptors (Lipinski definition) is 7. The van der Waals surface area contributed by atoms with Crippen molar-refractivity contribution in [2.75, 3.05) is 25.1 Å². The highest BCUT2D eigenvalue weighted by Crippen LogP contribution is 2.38. The number of nitrogens with zero attached hydrogens (tertiary/aromatic N) is 2. The summed E-state index contributed by atoms with van der Waals surface area (Å²) in [5.41, 5.74) is 2.77. The summed E-state index contributed by atoms with van der Waals surface area (Å²) in [5.74, 6) is -0.634. The molecule has 0 aliphatic carbocycles. The van der Waals surface area contributed by atoms with Gasteiger partial charge in [0.15, 0.2) is 5.54 Å². The van der Waals surface area contributed by atoms with E-state index in [9.17, 15) is 18.0 Å². The van der Waals surface area contributed by atoms with E-state index in [0.29, 0.717) is 12.4 Å². The Balaban J connectivity index is 1.79. The van der Waals surface area contributed by atoms with Gasteiger partial charge in [-0.15, -0.1) is 0 Å². The van der Waals surface area contributed by atoms with E-state index in [4.69, 9.17) is 19.9 Å². The van der Waals surface area contributed by atoms with Gasteiger partial charge in [-0.3, -0.25) is 10.3 Å². The average Bonchev–Trinajstić information content (AvgIpc) is 2.71. The van der Waals surface area contributed by atoms with E-state index in [2.05, 4.69) is 15.3 Å². The van der Waals surface area contributed by atoms with Crippen molar-refractivity contribution in [2.45, 2.75) is 18.9 Å². The van der Waals surface area contributed by atoms with Crippen LogP contribution in [0.4, 0.5) is 23.7 Å². The minimum absolute atomic E-state index is 0.0135. The van der Waals surface area contributed by atoms with E-state index in [1.165, 1.54) is 18.3 Å². The largest absolute Gasteiger partial charge is 0.492 e. The predicted octanol–water partition coefficient (Wildman–Crippen LogP) is 3.08. The number of carbonyl (C=O) groups excluding carboxylic acids is 1. The second-order valence-electron chi connectivity index (χ2n) is 6.30. The van der Waals surface area contributed by atoms with Crippen LogP contribution in [0.1, 0.15) is 12.5 Å². The first-order chi connectivity index (χ1) is 14.3. The van der Waals surface area contributed by atoms with Gasteiger partial charge in [0.1, 0.15) is 24.0 Å². The Morgan fingerprint density at radius 1 is 1.37 bits per heavy atom. The zero-order valence-electron chi connectivity index (χ0n) is 15.9. The number of nitrogens with two attached hydrogens (primary N) is 1. The fourth-order valence-electron chi connectivity index (χ4n) is 2.85. The molecule has 1 atom stereocenters. The van der Waals surface area contributed by atoms with Crippen LogP contribution in [0.5, 0.6) is 11.6 Å². The lowest BCUT2D eigenvalue weighted by molar-refractivity contribution is -0.0145. The number of halogens is 3. The molecule has 0 radical (unpaired) electrons. The Labute approximate surface area is 169 Å². The van der Waals surface area contributed by atoms with Gasteiger partial charge in [-0.2, -0.15) is 0 Å².